The molecule has 0 rings (SSSR count). The van der Waals surface area contributed by atoms with E-state index in [-0.39, 0.29) is 30.6 Å². The molecular weight excluding hydrogens is 310 g/mol. The minimum atomic E-state index is -4.84. The summed E-state index contributed by atoms with van der Waals surface area (Å²) >= 11 is 0. The first-order valence-corrected chi connectivity index (χ1v) is 6.46. The van der Waals surface area contributed by atoms with Crippen molar-refractivity contribution >= 4 is 0 Å². The Balaban J connectivity index is 4.12. The third-order valence-corrected chi connectivity index (χ3v) is 3.02. The fourth-order valence-electron chi connectivity index (χ4n) is 1.67. The second-order valence-electron chi connectivity index (χ2n) is 5.09. The Hall–Kier alpha value is -0.600. The van der Waals surface area contributed by atoms with Crippen molar-refractivity contribution in [2.45, 2.75) is 62.8 Å². The lowest BCUT2D eigenvalue weighted by Crippen LogP contribution is -2.55. The average Bonchev–Trinajstić information content (AvgIpc) is 2.31. The van der Waals surface area contributed by atoms with Gasteiger partial charge in [0, 0.05) is 6.42 Å². The summed E-state index contributed by atoms with van der Waals surface area (Å²) in [4.78, 5) is -0.0666. The lowest BCUT2D eigenvalue weighted by molar-refractivity contribution is -0.296. The lowest BCUT2D eigenvalue weighted by Gasteiger charge is -2.33. The van der Waals surface area contributed by atoms with Gasteiger partial charge in [0.1, 0.15) is 0 Å². The van der Waals surface area contributed by atoms with E-state index in [0.717, 1.165) is 0 Å². The topological polar surface area (TPSA) is 3.24 Å². The first kappa shape index (κ1) is 20.4. The second-order valence-corrected chi connectivity index (χ2v) is 5.09. The van der Waals surface area contributed by atoms with E-state index >= 15 is 0 Å². The van der Waals surface area contributed by atoms with Crippen molar-refractivity contribution < 1.29 is 35.1 Å². The fourth-order valence-corrected chi connectivity index (χ4v) is 1.67. The zero-order valence-corrected chi connectivity index (χ0v) is 11.8. The fraction of sp³-hybridized carbons (Fsp3) is 1.00. The van der Waals surface area contributed by atoms with Crippen LogP contribution in [0.2, 0.25) is 0 Å². The van der Waals surface area contributed by atoms with E-state index in [1.807, 2.05) is 0 Å². The number of alkyl halides is 8. The zero-order chi connectivity index (χ0) is 16.9. The molecule has 0 bridgehead atoms. The Bertz CT molecular complexity index is 300. The summed E-state index contributed by atoms with van der Waals surface area (Å²) in [5.41, 5.74) is 0. The van der Waals surface area contributed by atoms with Crippen LogP contribution >= 0.6 is 0 Å². The van der Waals surface area contributed by atoms with Crippen molar-refractivity contribution in [1.29, 1.82) is 0 Å². The first-order valence-electron chi connectivity index (χ1n) is 6.46. The van der Waals surface area contributed by atoms with Crippen molar-refractivity contribution in [1.82, 2.24) is 4.90 Å². The largest absolute Gasteiger partial charge is 0.389 e. The predicted molar refractivity (Wildman–Crippen MR) is 62.2 cm³/mol. The van der Waals surface area contributed by atoms with Gasteiger partial charge in [-0.3, -0.25) is 0 Å². The van der Waals surface area contributed by atoms with Gasteiger partial charge in [0.15, 0.2) is 6.17 Å². The molecule has 9 heteroatoms. The van der Waals surface area contributed by atoms with E-state index in [4.69, 9.17) is 0 Å². The molecule has 0 fully saturated rings. The molecule has 1 nitrogen and oxygen atoms in total. The Kier molecular flexibility index (Phi) is 7.38. The van der Waals surface area contributed by atoms with Crippen molar-refractivity contribution in [3.63, 3.8) is 0 Å². The number of nitrogens with zero attached hydrogens (tertiary/aromatic N) is 1. The van der Waals surface area contributed by atoms with Crippen LogP contribution < -0.4 is 0 Å². The van der Waals surface area contributed by atoms with Gasteiger partial charge in [-0.2, -0.15) is 30.7 Å². The molecule has 0 aromatic carbocycles. The maximum Gasteiger partial charge on any atom is 0.389 e. The Morgan fingerprint density at radius 3 is 1.71 bits per heavy atom. The van der Waals surface area contributed by atoms with Gasteiger partial charge in [-0.05, 0) is 26.9 Å². The van der Waals surface area contributed by atoms with Crippen molar-refractivity contribution in [2.24, 2.45) is 0 Å². The van der Waals surface area contributed by atoms with E-state index in [9.17, 15) is 35.1 Å². The molecule has 0 spiro atoms. The van der Waals surface area contributed by atoms with Crippen LogP contribution in [0.4, 0.5) is 35.1 Å². The smallest absolute Gasteiger partial charge is 0.245 e. The van der Waals surface area contributed by atoms with Crippen LogP contribution in [0.5, 0.6) is 0 Å². The van der Waals surface area contributed by atoms with E-state index in [1.54, 1.807) is 0 Å². The molecule has 0 amide bonds. The minimum absolute atomic E-state index is 0.0666. The number of hydrogen-bond donors (Lipinski definition) is 0. The Morgan fingerprint density at radius 1 is 0.810 bits per heavy atom. The van der Waals surface area contributed by atoms with Crippen LogP contribution in [0.1, 0.15) is 38.5 Å². The molecule has 0 aliphatic rings. The van der Waals surface area contributed by atoms with Gasteiger partial charge in [0.25, 0.3) is 0 Å². The molecule has 0 aromatic rings. The van der Waals surface area contributed by atoms with Gasteiger partial charge in [-0.15, -0.1) is 0 Å². The predicted octanol–water partition coefficient (Wildman–Crippen LogP) is 5.02. The standard InChI is InChI=1S/C12H19F8N/c1-21(2)12(19,20)11(17,18)9(13)7-5-3-4-6-8-10(14,15)16/h9H,3-8H2,1-2H3. The number of unbranched alkanes of at least 4 members (excludes halogenated alkanes) is 3. The summed E-state index contributed by atoms with van der Waals surface area (Å²) in [6.07, 6.45) is -9.34. The van der Waals surface area contributed by atoms with Gasteiger partial charge >= 0.3 is 18.1 Å². The maximum atomic E-state index is 13.3. The molecule has 128 valence electrons. The molecule has 0 aliphatic carbocycles. The highest BCUT2D eigenvalue weighted by atomic mass is 19.4. The van der Waals surface area contributed by atoms with Gasteiger partial charge in [0.05, 0.1) is 0 Å². The van der Waals surface area contributed by atoms with Crippen LogP contribution in [-0.4, -0.2) is 43.3 Å². The second kappa shape index (κ2) is 7.60. The minimum Gasteiger partial charge on any atom is -0.245 e. The molecule has 0 aromatic heterocycles. The lowest BCUT2D eigenvalue weighted by atomic mass is 10.0. The van der Waals surface area contributed by atoms with Crippen LogP contribution in [-0.2, 0) is 0 Å². The van der Waals surface area contributed by atoms with E-state index < -0.39 is 37.2 Å². The third-order valence-electron chi connectivity index (χ3n) is 3.02. The van der Waals surface area contributed by atoms with Gasteiger partial charge in [-0.25, -0.2) is 9.29 Å². The van der Waals surface area contributed by atoms with Crippen LogP contribution in [0.15, 0.2) is 0 Å². The first-order chi connectivity index (χ1) is 9.32. The quantitative estimate of drug-likeness (QED) is 0.326. The molecule has 0 heterocycles. The molecule has 0 saturated carbocycles. The SMILES string of the molecule is CN(C)C(F)(F)C(F)(F)C(F)CCCCCCC(F)(F)F. The maximum absolute atomic E-state index is 13.3. The highest BCUT2D eigenvalue weighted by Crippen LogP contribution is 2.41. The molecule has 0 saturated heterocycles. The summed E-state index contributed by atoms with van der Waals surface area (Å²) in [5, 5.41) is 0. The van der Waals surface area contributed by atoms with Gasteiger partial charge < -0.3 is 0 Å². The Morgan fingerprint density at radius 2 is 1.29 bits per heavy atom. The number of hydrogen-bond acceptors (Lipinski definition) is 1. The normalized spacial score (nSPS) is 15.6. The molecule has 0 aliphatic heterocycles. The summed E-state index contributed by atoms with van der Waals surface area (Å²) in [7, 11) is 1.41. The van der Waals surface area contributed by atoms with Crippen molar-refractivity contribution in [3.05, 3.63) is 0 Å². The average molecular weight is 329 g/mol. The van der Waals surface area contributed by atoms with E-state index in [0.29, 0.717) is 14.1 Å². The highest BCUT2D eigenvalue weighted by Gasteiger charge is 2.63. The summed E-state index contributed by atoms with van der Waals surface area (Å²) in [6, 6.07) is -4.62. The molecular formula is C12H19F8N. The molecule has 1 unspecified atom stereocenters. The Labute approximate surface area is 118 Å². The van der Waals surface area contributed by atoms with Gasteiger partial charge in [-0.1, -0.05) is 19.3 Å². The monoisotopic (exact) mass is 329 g/mol. The van der Waals surface area contributed by atoms with Crippen molar-refractivity contribution in [2.75, 3.05) is 14.1 Å². The summed E-state index contributed by atoms with van der Waals surface area (Å²) in [5.74, 6) is -4.84. The molecule has 0 N–H and O–H groups in total. The summed E-state index contributed by atoms with van der Waals surface area (Å²) in [6.45, 7) is 0. The number of halogens is 8. The van der Waals surface area contributed by atoms with E-state index in [1.165, 1.54) is 0 Å². The van der Waals surface area contributed by atoms with Crippen molar-refractivity contribution in [3.8, 4) is 0 Å². The van der Waals surface area contributed by atoms with Crippen LogP contribution in [0.25, 0.3) is 0 Å². The molecule has 0 radical (unpaired) electrons. The van der Waals surface area contributed by atoms with E-state index in [2.05, 4.69) is 0 Å². The molecule has 21 heavy (non-hydrogen) atoms. The molecule has 1 atom stereocenters. The van der Waals surface area contributed by atoms with Gasteiger partial charge in [0.2, 0.25) is 0 Å². The highest BCUT2D eigenvalue weighted by molar-refractivity contribution is 4.89. The zero-order valence-electron chi connectivity index (χ0n) is 11.8. The number of rotatable bonds is 9. The van der Waals surface area contributed by atoms with Crippen LogP contribution in [0, 0.1) is 0 Å². The summed E-state index contributed by atoms with van der Waals surface area (Å²) < 4.78 is 102. The third kappa shape index (κ3) is 6.36. The van der Waals surface area contributed by atoms with Crippen LogP contribution in [0.3, 0.4) is 0 Å².